The number of pyridine rings is 1. The molecule has 98 valence electrons. The van der Waals surface area contributed by atoms with Crippen molar-refractivity contribution in [3.8, 4) is 5.75 Å². The summed E-state index contributed by atoms with van der Waals surface area (Å²) in [5.74, 6) is 0.0479. The number of anilines is 2. The maximum atomic E-state index is 12.1. The Balaban J connectivity index is 2.28. The predicted molar refractivity (Wildman–Crippen MR) is 74.6 cm³/mol. The molecule has 0 aliphatic heterocycles. The van der Waals surface area contributed by atoms with Crippen LogP contribution in [0.25, 0.3) is 0 Å². The molecule has 6 heteroatoms. The van der Waals surface area contributed by atoms with Gasteiger partial charge in [-0.15, -0.1) is 0 Å². The van der Waals surface area contributed by atoms with Crippen LogP contribution in [0.5, 0.6) is 5.75 Å². The maximum Gasteiger partial charge on any atom is 0.259 e. The number of hydrogen-bond donors (Lipinski definition) is 2. The van der Waals surface area contributed by atoms with Crippen molar-refractivity contribution in [2.75, 3.05) is 18.2 Å². The van der Waals surface area contributed by atoms with E-state index >= 15 is 0 Å². The summed E-state index contributed by atoms with van der Waals surface area (Å²) in [4.78, 5) is 16.0. The van der Waals surface area contributed by atoms with E-state index in [1.807, 2.05) is 0 Å². The molecule has 0 aliphatic rings. The highest BCUT2D eigenvalue weighted by Crippen LogP contribution is 2.25. The molecule has 0 spiro atoms. The molecular formula is C13H12ClN3O2. The zero-order valence-electron chi connectivity index (χ0n) is 10.2. The van der Waals surface area contributed by atoms with Crippen molar-refractivity contribution in [2.24, 2.45) is 0 Å². The standard InChI is InChI=1S/C13H12ClN3O2/c1-19-12-7-16-5-4-9(12)13(18)17-11-6-8(15)2-3-10(11)14/h2-7H,15H2,1H3,(H,17,18). The average molecular weight is 278 g/mol. The molecule has 1 amide bonds. The number of nitrogens with two attached hydrogens (primary N) is 1. The molecular weight excluding hydrogens is 266 g/mol. The minimum absolute atomic E-state index is 0.341. The molecule has 0 bridgehead atoms. The van der Waals surface area contributed by atoms with Gasteiger partial charge in [-0.05, 0) is 24.3 Å². The van der Waals surface area contributed by atoms with Crippen molar-refractivity contribution in [3.05, 3.63) is 47.2 Å². The number of methoxy groups -OCH3 is 1. The van der Waals surface area contributed by atoms with Gasteiger partial charge in [-0.3, -0.25) is 9.78 Å². The molecule has 1 heterocycles. The van der Waals surface area contributed by atoms with E-state index in [4.69, 9.17) is 22.1 Å². The maximum absolute atomic E-state index is 12.1. The van der Waals surface area contributed by atoms with Gasteiger partial charge >= 0.3 is 0 Å². The second-order valence-electron chi connectivity index (χ2n) is 3.77. The number of carbonyl (C=O) groups excluding carboxylic acids is 1. The van der Waals surface area contributed by atoms with Crippen molar-refractivity contribution in [2.45, 2.75) is 0 Å². The molecule has 0 atom stereocenters. The van der Waals surface area contributed by atoms with Crippen molar-refractivity contribution in [3.63, 3.8) is 0 Å². The lowest BCUT2D eigenvalue weighted by atomic mass is 10.2. The fraction of sp³-hybridized carbons (Fsp3) is 0.0769. The molecule has 19 heavy (non-hydrogen) atoms. The van der Waals surface area contributed by atoms with Gasteiger partial charge in [0.1, 0.15) is 5.75 Å². The van der Waals surface area contributed by atoms with E-state index in [0.29, 0.717) is 27.7 Å². The Bertz CT molecular complexity index is 617. The third-order valence-electron chi connectivity index (χ3n) is 2.49. The fourth-order valence-corrected chi connectivity index (χ4v) is 1.72. The molecule has 0 aliphatic carbocycles. The first-order chi connectivity index (χ1) is 9.11. The SMILES string of the molecule is COc1cnccc1C(=O)Nc1cc(N)ccc1Cl. The first-order valence-electron chi connectivity index (χ1n) is 5.46. The van der Waals surface area contributed by atoms with Crippen LogP contribution in [0.15, 0.2) is 36.7 Å². The number of amides is 1. The van der Waals surface area contributed by atoms with Gasteiger partial charge in [0.15, 0.2) is 0 Å². The van der Waals surface area contributed by atoms with Crippen LogP contribution in [0.1, 0.15) is 10.4 Å². The summed E-state index contributed by atoms with van der Waals surface area (Å²) < 4.78 is 5.08. The lowest BCUT2D eigenvalue weighted by molar-refractivity contribution is 0.102. The molecule has 0 radical (unpaired) electrons. The Morgan fingerprint density at radius 2 is 2.21 bits per heavy atom. The van der Waals surface area contributed by atoms with E-state index in [0.717, 1.165) is 0 Å². The van der Waals surface area contributed by atoms with Gasteiger partial charge in [-0.2, -0.15) is 0 Å². The number of nitrogens with one attached hydrogen (secondary N) is 1. The van der Waals surface area contributed by atoms with Gasteiger partial charge in [0.2, 0.25) is 0 Å². The highest BCUT2D eigenvalue weighted by atomic mass is 35.5. The number of nitrogen functional groups attached to an aromatic ring is 1. The van der Waals surface area contributed by atoms with Gasteiger partial charge < -0.3 is 15.8 Å². The Labute approximate surface area is 115 Å². The van der Waals surface area contributed by atoms with Crippen LogP contribution >= 0.6 is 11.6 Å². The molecule has 0 saturated carbocycles. The predicted octanol–water partition coefficient (Wildman–Crippen LogP) is 2.58. The monoisotopic (exact) mass is 277 g/mol. The van der Waals surface area contributed by atoms with Gasteiger partial charge in [-0.25, -0.2) is 0 Å². The second kappa shape index (κ2) is 5.58. The number of rotatable bonds is 3. The third kappa shape index (κ3) is 2.95. The Morgan fingerprint density at radius 3 is 2.95 bits per heavy atom. The van der Waals surface area contributed by atoms with Crippen molar-refractivity contribution >= 4 is 28.9 Å². The van der Waals surface area contributed by atoms with Crippen molar-refractivity contribution in [1.29, 1.82) is 0 Å². The average Bonchev–Trinajstić information content (AvgIpc) is 2.42. The van der Waals surface area contributed by atoms with Crippen LogP contribution in [0, 0.1) is 0 Å². The number of nitrogens with zero attached hydrogens (tertiary/aromatic N) is 1. The first-order valence-corrected chi connectivity index (χ1v) is 5.84. The number of aromatic nitrogens is 1. The van der Waals surface area contributed by atoms with E-state index in [1.165, 1.54) is 19.5 Å². The van der Waals surface area contributed by atoms with Crippen LogP contribution in [-0.2, 0) is 0 Å². The number of hydrogen-bond acceptors (Lipinski definition) is 4. The lowest BCUT2D eigenvalue weighted by Crippen LogP contribution is -2.13. The smallest absolute Gasteiger partial charge is 0.259 e. The number of ether oxygens (including phenoxy) is 1. The lowest BCUT2D eigenvalue weighted by Gasteiger charge is -2.10. The van der Waals surface area contributed by atoms with E-state index in [-0.39, 0.29) is 5.91 Å². The van der Waals surface area contributed by atoms with E-state index < -0.39 is 0 Å². The summed E-state index contributed by atoms with van der Waals surface area (Å²) in [5.41, 5.74) is 6.99. The first kappa shape index (κ1) is 13.2. The van der Waals surface area contributed by atoms with Crippen LogP contribution in [0.2, 0.25) is 5.02 Å². The summed E-state index contributed by atoms with van der Waals surface area (Å²) in [5, 5.41) is 3.10. The van der Waals surface area contributed by atoms with Gasteiger partial charge in [-0.1, -0.05) is 11.6 Å². The van der Waals surface area contributed by atoms with E-state index in [2.05, 4.69) is 10.3 Å². The molecule has 0 fully saturated rings. The number of carbonyl (C=O) groups is 1. The Hall–Kier alpha value is -2.27. The second-order valence-corrected chi connectivity index (χ2v) is 4.18. The Kier molecular flexibility index (Phi) is 3.87. The van der Waals surface area contributed by atoms with E-state index in [1.54, 1.807) is 24.3 Å². The molecule has 5 nitrogen and oxygen atoms in total. The molecule has 2 aromatic rings. The van der Waals surface area contributed by atoms with Gasteiger partial charge in [0, 0.05) is 11.9 Å². The molecule has 2 rings (SSSR count). The van der Waals surface area contributed by atoms with Crippen LogP contribution in [0.3, 0.4) is 0 Å². The van der Waals surface area contributed by atoms with Gasteiger partial charge in [0.25, 0.3) is 5.91 Å². The molecule has 1 aromatic heterocycles. The molecule has 0 unspecified atom stereocenters. The number of halogens is 1. The van der Waals surface area contributed by atoms with Crippen LogP contribution < -0.4 is 15.8 Å². The highest BCUT2D eigenvalue weighted by molar-refractivity contribution is 6.34. The summed E-state index contributed by atoms with van der Waals surface area (Å²) in [6.07, 6.45) is 2.98. The fourth-order valence-electron chi connectivity index (χ4n) is 1.56. The Morgan fingerprint density at radius 1 is 1.42 bits per heavy atom. The molecule has 0 saturated heterocycles. The third-order valence-corrected chi connectivity index (χ3v) is 2.82. The van der Waals surface area contributed by atoms with Gasteiger partial charge in [0.05, 0.1) is 29.6 Å². The normalized spacial score (nSPS) is 10.0. The minimum atomic E-state index is -0.341. The van der Waals surface area contributed by atoms with Crippen LogP contribution in [-0.4, -0.2) is 18.0 Å². The zero-order valence-corrected chi connectivity index (χ0v) is 10.9. The largest absolute Gasteiger partial charge is 0.494 e. The minimum Gasteiger partial charge on any atom is -0.494 e. The molecule has 1 aromatic carbocycles. The van der Waals surface area contributed by atoms with Crippen molar-refractivity contribution < 1.29 is 9.53 Å². The van der Waals surface area contributed by atoms with Crippen LogP contribution in [0.4, 0.5) is 11.4 Å². The summed E-state index contributed by atoms with van der Waals surface area (Å²) in [7, 11) is 1.47. The summed E-state index contributed by atoms with van der Waals surface area (Å²) in [6.45, 7) is 0. The van der Waals surface area contributed by atoms with Crippen molar-refractivity contribution in [1.82, 2.24) is 4.98 Å². The molecule has 3 N–H and O–H groups in total. The van der Waals surface area contributed by atoms with E-state index in [9.17, 15) is 4.79 Å². The zero-order chi connectivity index (χ0) is 13.8. The highest BCUT2D eigenvalue weighted by Gasteiger charge is 2.13. The number of benzene rings is 1. The quantitative estimate of drug-likeness (QED) is 0.846. The summed E-state index contributed by atoms with van der Waals surface area (Å²) in [6, 6.07) is 6.43. The topological polar surface area (TPSA) is 77.2 Å². The summed E-state index contributed by atoms with van der Waals surface area (Å²) >= 11 is 5.99.